The molecule has 17 heavy (non-hydrogen) atoms. The minimum absolute atomic E-state index is 0.146. The van der Waals surface area contributed by atoms with Gasteiger partial charge in [-0.1, -0.05) is 11.8 Å². The van der Waals surface area contributed by atoms with Crippen LogP contribution in [-0.2, 0) is 9.47 Å². The highest BCUT2D eigenvalue weighted by molar-refractivity contribution is 7.98. The Balaban J connectivity index is 2.42. The molecule has 7 heteroatoms. The molecule has 0 amide bonds. The van der Waals surface area contributed by atoms with Gasteiger partial charge in [0.25, 0.3) is 5.56 Å². The van der Waals surface area contributed by atoms with E-state index in [4.69, 9.17) is 15.2 Å². The fourth-order valence-electron chi connectivity index (χ4n) is 2.01. The van der Waals surface area contributed by atoms with Gasteiger partial charge < -0.3 is 20.2 Å². The maximum absolute atomic E-state index is 12.0. The molecule has 0 aliphatic carbocycles. The zero-order chi connectivity index (χ0) is 12.4. The summed E-state index contributed by atoms with van der Waals surface area (Å²) in [7, 11) is 1.55. The van der Waals surface area contributed by atoms with Crippen molar-refractivity contribution in [3.63, 3.8) is 0 Å². The largest absolute Gasteiger partial charge is 0.383 e. The SMILES string of the molecule is COC1OCCC1c1c(N)nc(SC)[nH]c1=O. The third-order valence-corrected chi connectivity index (χ3v) is 3.38. The molecule has 1 aliphatic heterocycles. The summed E-state index contributed by atoms with van der Waals surface area (Å²) in [5, 5.41) is 0.518. The second-order valence-corrected chi connectivity index (χ2v) is 4.54. The van der Waals surface area contributed by atoms with Gasteiger partial charge in [0.05, 0.1) is 12.2 Å². The zero-order valence-electron chi connectivity index (χ0n) is 9.73. The molecule has 0 aromatic carbocycles. The third-order valence-electron chi connectivity index (χ3n) is 2.80. The molecule has 0 bridgehead atoms. The van der Waals surface area contributed by atoms with Crippen molar-refractivity contribution in [3.8, 4) is 0 Å². The van der Waals surface area contributed by atoms with E-state index in [-0.39, 0.29) is 17.3 Å². The smallest absolute Gasteiger partial charge is 0.257 e. The van der Waals surface area contributed by atoms with E-state index in [1.165, 1.54) is 11.8 Å². The lowest BCUT2D eigenvalue weighted by Crippen LogP contribution is -2.26. The van der Waals surface area contributed by atoms with Crippen LogP contribution >= 0.6 is 11.8 Å². The van der Waals surface area contributed by atoms with E-state index in [0.29, 0.717) is 23.7 Å². The lowest BCUT2D eigenvalue weighted by atomic mass is 9.99. The van der Waals surface area contributed by atoms with Crippen molar-refractivity contribution in [2.75, 3.05) is 25.7 Å². The Morgan fingerprint density at radius 3 is 3.00 bits per heavy atom. The Morgan fingerprint density at radius 2 is 2.41 bits per heavy atom. The van der Waals surface area contributed by atoms with Crippen molar-refractivity contribution in [2.24, 2.45) is 0 Å². The number of methoxy groups -OCH3 is 1. The van der Waals surface area contributed by atoms with Crippen molar-refractivity contribution >= 4 is 17.6 Å². The quantitative estimate of drug-likeness (QED) is 0.607. The molecule has 1 aromatic rings. The van der Waals surface area contributed by atoms with Gasteiger partial charge in [-0.25, -0.2) is 4.98 Å². The summed E-state index contributed by atoms with van der Waals surface area (Å²) >= 11 is 1.35. The molecule has 2 atom stereocenters. The number of nitrogens with one attached hydrogen (secondary N) is 1. The summed E-state index contributed by atoms with van der Waals surface area (Å²) < 4.78 is 10.6. The molecule has 0 radical (unpaired) electrons. The molecule has 1 fully saturated rings. The highest BCUT2D eigenvalue weighted by Crippen LogP contribution is 2.32. The Bertz CT molecular complexity index is 463. The van der Waals surface area contributed by atoms with Gasteiger partial charge in [0.2, 0.25) is 0 Å². The molecule has 2 unspecified atom stereocenters. The fourth-order valence-corrected chi connectivity index (χ4v) is 2.39. The van der Waals surface area contributed by atoms with Crippen LogP contribution in [0.2, 0.25) is 0 Å². The van der Waals surface area contributed by atoms with Crippen LogP contribution in [-0.4, -0.2) is 36.2 Å². The molecule has 1 saturated heterocycles. The van der Waals surface area contributed by atoms with Gasteiger partial charge in [0.1, 0.15) is 5.82 Å². The van der Waals surface area contributed by atoms with E-state index in [0.717, 1.165) is 0 Å². The lowest BCUT2D eigenvalue weighted by molar-refractivity contribution is -0.0964. The Hall–Kier alpha value is -1.05. The van der Waals surface area contributed by atoms with Crippen LogP contribution in [0.15, 0.2) is 9.95 Å². The average molecular weight is 257 g/mol. The number of nitrogens with two attached hydrogens (primary N) is 1. The van der Waals surface area contributed by atoms with E-state index in [1.54, 1.807) is 7.11 Å². The van der Waals surface area contributed by atoms with Gasteiger partial charge in [0.15, 0.2) is 11.4 Å². The monoisotopic (exact) mass is 257 g/mol. The number of H-pyrrole nitrogens is 1. The normalized spacial score (nSPS) is 24.1. The Morgan fingerprint density at radius 1 is 1.65 bits per heavy atom. The first kappa shape index (κ1) is 12.4. The van der Waals surface area contributed by atoms with E-state index in [9.17, 15) is 4.79 Å². The molecule has 94 valence electrons. The fraction of sp³-hybridized carbons (Fsp3) is 0.600. The van der Waals surface area contributed by atoms with E-state index in [1.807, 2.05) is 6.26 Å². The maximum atomic E-state index is 12.0. The summed E-state index contributed by atoms with van der Waals surface area (Å²) in [6, 6.07) is 0. The number of nitrogen functional groups attached to an aromatic ring is 1. The van der Waals surface area contributed by atoms with E-state index < -0.39 is 6.29 Å². The van der Waals surface area contributed by atoms with Crippen molar-refractivity contribution in [1.29, 1.82) is 0 Å². The molecule has 2 heterocycles. The highest BCUT2D eigenvalue weighted by atomic mass is 32.2. The van der Waals surface area contributed by atoms with Crippen LogP contribution < -0.4 is 11.3 Å². The third kappa shape index (κ3) is 2.31. The van der Waals surface area contributed by atoms with Gasteiger partial charge in [0, 0.05) is 13.0 Å². The molecule has 1 aromatic heterocycles. The molecule has 0 spiro atoms. The number of hydrogen-bond acceptors (Lipinski definition) is 6. The predicted molar refractivity (Wildman–Crippen MR) is 65.2 cm³/mol. The van der Waals surface area contributed by atoms with Crippen LogP contribution in [0.3, 0.4) is 0 Å². The summed E-state index contributed by atoms with van der Waals surface area (Å²) in [5.74, 6) is 0.114. The van der Waals surface area contributed by atoms with Gasteiger partial charge in [-0.05, 0) is 12.7 Å². The molecule has 1 aliphatic rings. The number of ether oxygens (including phenoxy) is 2. The van der Waals surface area contributed by atoms with Crippen molar-refractivity contribution in [3.05, 3.63) is 15.9 Å². The number of rotatable bonds is 3. The first-order valence-corrected chi connectivity index (χ1v) is 6.48. The second-order valence-electron chi connectivity index (χ2n) is 3.74. The van der Waals surface area contributed by atoms with Crippen LogP contribution in [0.25, 0.3) is 0 Å². The average Bonchev–Trinajstić information content (AvgIpc) is 2.76. The van der Waals surface area contributed by atoms with Gasteiger partial charge in [-0.3, -0.25) is 4.79 Å². The number of anilines is 1. The predicted octanol–water partition coefficient (Wildman–Crippen LogP) is 0.550. The highest BCUT2D eigenvalue weighted by Gasteiger charge is 2.33. The van der Waals surface area contributed by atoms with E-state index >= 15 is 0 Å². The van der Waals surface area contributed by atoms with Gasteiger partial charge in [-0.15, -0.1) is 0 Å². The van der Waals surface area contributed by atoms with Crippen molar-refractivity contribution in [1.82, 2.24) is 9.97 Å². The number of aromatic nitrogens is 2. The van der Waals surface area contributed by atoms with Crippen LogP contribution in [0.4, 0.5) is 5.82 Å². The van der Waals surface area contributed by atoms with Crippen molar-refractivity contribution in [2.45, 2.75) is 23.8 Å². The van der Waals surface area contributed by atoms with Crippen LogP contribution in [0.1, 0.15) is 17.9 Å². The second kappa shape index (κ2) is 5.07. The molecular formula is C10H15N3O3S. The van der Waals surface area contributed by atoms with Crippen LogP contribution in [0.5, 0.6) is 0 Å². The molecule has 6 nitrogen and oxygen atoms in total. The number of aromatic amines is 1. The Kier molecular flexibility index (Phi) is 3.70. The number of thioether (sulfide) groups is 1. The summed E-state index contributed by atoms with van der Waals surface area (Å²) in [6.45, 7) is 0.562. The minimum Gasteiger partial charge on any atom is -0.383 e. The van der Waals surface area contributed by atoms with Gasteiger partial charge >= 0.3 is 0 Å². The zero-order valence-corrected chi connectivity index (χ0v) is 10.5. The first-order valence-electron chi connectivity index (χ1n) is 5.25. The summed E-state index contributed by atoms with van der Waals surface area (Å²) in [4.78, 5) is 18.8. The van der Waals surface area contributed by atoms with Crippen molar-refractivity contribution < 1.29 is 9.47 Å². The topological polar surface area (TPSA) is 90.2 Å². The van der Waals surface area contributed by atoms with Crippen LogP contribution in [0, 0.1) is 0 Å². The molecule has 3 N–H and O–H groups in total. The maximum Gasteiger partial charge on any atom is 0.257 e. The molecule has 0 saturated carbocycles. The molecular weight excluding hydrogens is 242 g/mol. The molecule has 2 rings (SSSR count). The van der Waals surface area contributed by atoms with E-state index in [2.05, 4.69) is 9.97 Å². The summed E-state index contributed by atoms with van der Waals surface area (Å²) in [5.41, 5.74) is 6.10. The standard InChI is InChI=1S/C10H15N3O3S/c1-15-9-5(3-4-16-9)6-7(11)12-10(17-2)13-8(6)14/h5,9H,3-4H2,1-2H3,(H3,11,12,13,14). The summed E-state index contributed by atoms with van der Waals surface area (Å²) in [6.07, 6.45) is 2.13. The minimum atomic E-state index is -0.416. The lowest BCUT2D eigenvalue weighted by Gasteiger charge is -2.17. The Labute approximate surface area is 103 Å². The number of hydrogen-bond donors (Lipinski definition) is 2. The van der Waals surface area contributed by atoms with Gasteiger partial charge in [-0.2, -0.15) is 0 Å². The first-order chi connectivity index (χ1) is 8.17. The number of nitrogens with zero attached hydrogens (tertiary/aromatic N) is 1.